The quantitative estimate of drug-likeness (QED) is 0.834. The van der Waals surface area contributed by atoms with Crippen molar-refractivity contribution in [1.82, 2.24) is 5.32 Å². The Balaban J connectivity index is 2.97. The van der Waals surface area contributed by atoms with Crippen LogP contribution in [-0.4, -0.2) is 25.7 Å². The lowest BCUT2D eigenvalue weighted by molar-refractivity contribution is -0.143. The van der Waals surface area contributed by atoms with Crippen LogP contribution in [0.1, 0.15) is 32.4 Å². The second kappa shape index (κ2) is 5.87. The highest BCUT2D eigenvalue weighted by molar-refractivity contribution is 5.77. The van der Waals surface area contributed by atoms with Gasteiger partial charge in [0.15, 0.2) is 0 Å². The normalized spacial score (nSPS) is 12.9. The number of hydrogen-bond acceptors (Lipinski definition) is 4. The minimum atomic E-state index is -0.471. The van der Waals surface area contributed by atoms with E-state index >= 15 is 0 Å². The minimum Gasteiger partial charge on any atom is -0.497 e. The maximum absolute atomic E-state index is 11.8. The molecule has 0 heterocycles. The molecule has 1 rings (SSSR count). The van der Waals surface area contributed by atoms with Gasteiger partial charge in [-0.3, -0.25) is 5.32 Å². The third kappa shape index (κ3) is 4.04. The molecule has 1 atom stereocenters. The van der Waals surface area contributed by atoms with Crippen LogP contribution in [0.3, 0.4) is 0 Å². The second-order valence-electron chi connectivity index (χ2n) is 5.12. The van der Waals surface area contributed by atoms with Gasteiger partial charge in [0.2, 0.25) is 0 Å². The average molecular weight is 251 g/mol. The SMILES string of the molecule is COC(=O)C(NC(C)(C)C)c1ccc(OC)cc1. The molecule has 0 aliphatic carbocycles. The van der Waals surface area contributed by atoms with E-state index < -0.39 is 6.04 Å². The number of ether oxygens (including phenoxy) is 2. The van der Waals surface area contributed by atoms with E-state index in [1.54, 1.807) is 7.11 Å². The van der Waals surface area contributed by atoms with Gasteiger partial charge in [-0.2, -0.15) is 0 Å². The smallest absolute Gasteiger partial charge is 0.327 e. The van der Waals surface area contributed by atoms with Crippen molar-refractivity contribution in [3.05, 3.63) is 29.8 Å². The van der Waals surface area contributed by atoms with Crippen LogP contribution in [0.4, 0.5) is 0 Å². The molecule has 0 aliphatic heterocycles. The van der Waals surface area contributed by atoms with E-state index in [2.05, 4.69) is 5.32 Å². The van der Waals surface area contributed by atoms with Gasteiger partial charge >= 0.3 is 5.97 Å². The average Bonchev–Trinajstić information content (AvgIpc) is 2.34. The molecule has 0 saturated heterocycles. The van der Waals surface area contributed by atoms with Gasteiger partial charge in [0.1, 0.15) is 11.8 Å². The Kier molecular flexibility index (Phi) is 4.73. The van der Waals surface area contributed by atoms with Crippen LogP contribution in [0, 0.1) is 0 Å². The van der Waals surface area contributed by atoms with Gasteiger partial charge in [0, 0.05) is 5.54 Å². The Labute approximate surface area is 108 Å². The molecule has 0 bridgehead atoms. The molecule has 0 amide bonds. The summed E-state index contributed by atoms with van der Waals surface area (Å²) in [7, 11) is 3.00. The third-order valence-electron chi connectivity index (χ3n) is 2.46. The number of hydrogen-bond donors (Lipinski definition) is 1. The highest BCUT2D eigenvalue weighted by atomic mass is 16.5. The fraction of sp³-hybridized carbons (Fsp3) is 0.500. The largest absolute Gasteiger partial charge is 0.497 e. The van der Waals surface area contributed by atoms with Crippen molar-refractivity contribution in [1.29, 1.82) is 0 Å². The molecule has 4 heteroatoms. The van der Waals surface area contributed by atoms with Crippen molar-refractivity contribution < 1.29 is 14.3 Å². The maximum Gasteiger partial charge on any atom is 0.327 e. The Morgan fingerprint density at radius 3 is 2.11 bits per heavy atom. The summed E-state index contributed by atoms with van der Waals surface area (Å²) < 4.78 is 9.94. The number of carbonyl (C=O) groups excluding carboxylic acids is 1. The van der Waals surface area contributed by atoms with E-state index in [-0.39, 0.29) is 11.5 Å². The summed E-state index contributed by atoms with van der Waals surface area (Å²) in [5.74, 6) is 0.466. The van der Waals surface area contributed by atoms with E-state index in [0.717, 1.165) is 11.3 Å². The predicted octanol–water partition coefficient (Wildman–Crippen LogP) is 2.30. The molecular weight excluding hydrogens is 230 g/mol. The van der Waals surface area contributed by atoms with Crippen LogP contribution in [0.5, 0.6) is 5.75 Å². The Morgan fingerprint density at radius 1 is 1.17 bits per heavy atom. The lowest BCUT2D eigenvalue weighted by Crippen LogP contribution is -2.42. The van der Waals surface area contributed by atoms with Crippen molar-refractivity contribution in [2.24, 2.45) is 0 Å². The topological polar surface area (TPSA) is 47.6 Å². The fourth-order valence-electron chi connectivity index (χ4n) is 1.63. The van der Waals surface area contributed by atoms with Crippen LogP contribution < -0.4 is 10.1 Å². The number of carbonyl (C=O) groups is 1. The van der Waals surface area contributed by atoms with Crippen LogP contribution in [0.15, 0.2) is 24.3 Å². The van der Waals surface area contributed by atoms with Gasteiger partial charge in [0.05, 0.1) is 14.2 Å². The molecule has 1 unspecified atom stereocenters. The van der Waals surface area contributed by atoms with Crippen molar-refractivity contribution in [2.75, 3.05) is 14.2 Å². The van der Waals surface area contributed by atoms with Gasteiger partial charge in [0.25, 0.3) is 0 Å². The lowest BCUT2D eigenvalue weighted by atomic mass is 10.0. The molecule has 1 N–H and O–H groups in total. The van der Waals surface area contributed by atoms with Crippen molar-refractivity contribution in [3.8, 4) is 5.75 Å². The molecule has 4 nitrogen and oxygen atoms in total. The van der Waals surface area contributed by atoms with E-state index in [9.17, 15) is 4.79 Å². The van der Waals surface area contributed by atoms with Crippen molar-refractivity contribution >= 4 is 5.97 Å². The molecule has 0 spiro atoms. The predicted molar refractivity (Wildman–Crippen MR) is 70.6 cm³/mol. The summed E-state index contributed by atoms with van der Waals surface area (Å²) in [6.45, 7) is 6.02. The molecule has 18 heavy (non-hydrogen) atoms. The van der Waals surface area contributed by atoms with E-state index in [1.807, 2.05) is 45.0 Å². The first kappa shape index (κ1) is 14.5. The summed E-state index contributed by atoms with van der Waals surface area (Å²) in [6, 6.07) is 6.91. The van der Waals surface area contributed by atoms with Gasteiger partial charge in [-0.15, -0.1) is 0 Å². The van der Waals surface area contributed by atoms with Crippen LogP contribution >= 0.6 is 0 Å². The summed E-state index contributed by atoms with van der Waals surface area (Å²) in [6.07, 6.45) is 0. The second-order valence-corrected chi connectivity index (χ2v) is 5.12. The number of methoxy groups -OCH3 is 2. The Hall–Kier alpha value is -1.55. The van der Waals surface area contributed by atoms with E-state index in [4.69, 9.17) is 9.47 Å². The summed E-state index contributed by atoms with van der Waals surface area (Å²) in [5.41, 5.74) is 0.677. The highest BCUT2D eigenvalue weighted by Gasteiger charge is 2.25. The van der Waals surface area contributed by atoms with Gasteiger partial charge < -0.3 is 9.47 Å². The zero-order chi connectivity index (χ0) is 13.8. The number of nitrogens with one attached hydrogen (secondary N) is 1. The summed E-state index contributed by atoms with van der Waals surface area (Å²) >= 11 is 0. The van der Waals surface area contributed by atoms with E-state index in [0.29, 0.717) is 0 Å². The lowest BCUT2D eigenvalue weighted by Gasteiger charge is -2.27. The molecule has 100 valence electrons. The minimum absolute atomic E-state index is 0.182. The van der Waals surface area contributed by atoms with Gasteiger partial charge in [-0.1, -0.05) is 12.1 Å². The summed E-state index contributed by atoms with van der Waals surface area (Å²) in [5, 5.41) is 3.25. The molecule has 1 aromatic rings. The number of rotatable bonds is 4. The first-order valence-electron chi connectivity index (χ1n) is 5.87. The Morgan fingerprint density at radius 2 is 1.72 bits per heavy atom. The fourth-order valence-corrected chi connectivity index (χ4v) is 1.63. The molecule has 0 saturated carbocycles. The van der Waals surface area contributed by atoms with Crippen LogP contribution in [0.25, 0.3) is 0 Å². The molecule has 0 aliphatic rings. The first-order chi connectivity index (χ1) is 8.37. The molecular formula is C14H21NO3. The zero-order valence-electron chi connectivity index (χ0n) is 11.6. The monoisotopic (exact) mass is 251 g/mol. The Bertz CT molecular complexity index is 392. The number of esters is 1. The highest BCUT2D eigenvalue weighted by Crippen LogP contribution is 2.21. The zero-order valence-corrected chi connectivity index (χ0v) is 11.6. The van der Waals surface area contributed by atoms with Crippen molar-refractivity contribution in [2.45, 2.75) is 32.4 Å². The van der Waals surface area contributed by atoms with Crippen molar-refractivity contribution in [3.63, 3.8) is 0 Å². The third-order valence-corrected chi connectivity index (χ3v) is 2.46. The molecule has 0 aromatic heterocycles. The maximum atomic E-state index is 11.8. The molecule has 1 aromatic carbocycles. The molecule has 0 radical (unpaired) electrons. The summed E-state index contributed by atoms with van der Waals surface area (Å²) in [4.78, 5) is 11.8. The number of benzene rings is 1. The molecule has 0 fully saturated rings. The first-order valence-corrected chi connectivity index (χ1v) is 5.87. The van der Waals surface area contributed by atoms with E-state index in [1.165, 1.54) is 7.11 Å². The van der Waals surface area contributed by atoms with Crippen LogP contribution in [0.2, 0.25) is 0 Å². The van der Waals surface area contributed by atoms with Crippen LogP contribution in [-0.2, 0) is 9.53 Å². The van der Waals surface area contributed by atoms with Gasteiger partial charge in [-0.25, -0.2) is 4.79 Å². The standard InChI is InChI=1S/C14H21NO3/c1-14(2,3)15-12(13(16)18-5)10-6-8-11(17-4)9-7-10/h6-9,12,15H,1-5H3. The van der Waals surface area contributed by atoms with Gasteiger partial charge in [-0.05, 0) is 38.5 Å².